The molecule has 10 heteroatoms. The van der Waals surface area contributed by atoms with E-state index in [0.29, 0.717) is 16.7 Å². The lowest BCUT2D eigenvalue weighted by atomic mass is 10.2. The zero-order valence-corrected chi connectivity index (χ0v) is 19.3. The van der Waals surface area contributed by atoms with Gasteiger partial charge in [-0.3, -0.25) is 9.10 Å². The molecule has 34 heavy (non-hydrogen) atoms. The number of azo groups is 1. The van der Waals surface area contributed by atoms with Crippen molar-refractivity contribution < 1.29 is 23.1 Å². The third-order valence-electron chi connectivity index (χ3n) is 5.26. The van der Waals surface area contributed by atoms with Crippen LogP contribution in [-0.2, 0) is 21.9 Å². The number of fused-ring (bicyclic) bond motifs is 1. The molecule has 0 bridgehead atoms. The summed E-state index contributed by atoms with van der Waals surface area (Å²) < 4.78 is 34.5. The van der Waals surface area contributed by atoms with Crippen molar-refractivity contribution in [1.82, 2.24) is 4.57 Å². The van der Waals surface area contributed by atoms with Crippen molar-refractivity contribution in [3.05, 3.63) is 78.9 Å². The molecule has 0 aliphatic rings. The predicted molar refractivity (Wildman–Crippen MR) is 128 cm³/mol. The van der Waals surface area contributed by atoms with E-state index in [1.807, 2.05) is 6.07 Å². The highest BCUT2D eigenvalue weighted by molar-refractivity contribution is 7.92. The number of para-hydroxylation sites is 1. The number of aromatic hydroxyl groups is 1. The molecule has 1 amide bonds. The maximum atomic E-state index is 13.4. The Morgan fingerprint density at radius 2 is 1.74 bits per heavy atom. The number of hydrogen-bond donors (Lipinski definition) is 1. The summed E-state index contributed by atoms with van der Waals surface area (Å²) in [5.41, 5.74) is 1.08. The number of carbonyl (C=O) groups excluding carboxylic acids is 1. The van der Waals surface area contributed by atoms with Gasteiger partial charge in [0.2, 0.25) is 5.88 Å². The number of carbonyl (C=O) groups is 1. The molecule has 3 aromatic carbocycles. The molecule has 1 N–H and O–H groups in total. The molecule has 0 atom stereocenters. The molecule has 0 aliphatic heterocycles. The van der Waals surface area contributed by atoms with Gasteiger partial charge in [0, 0.05) is 18.5 Å². The Hall–Kier alpha value is -4.18. The van der Waals surface area contributed by atoms with E-state index in [2.05, 4.69) is 10.2 Å². The Morgan fingerprint density at radius 3 is 2.47 bits per heavy atom. The van der Waals surface area contributed by atoms with Crippen molar-refractivity contribution >= 4 is 38.2 Å². The monoisotopic (exact) mass is 478 g/mol. The molecule has 0 spiro atoms. The highest BCUT2D eigenvalue weighted by Gasteiger charge is 2.27. The number of aromatic nitrogens is 1. The molecule has 0 unspecified atom stereocenters. The van der Waals surface area contributed by atoms with Crippen molar-refractivity contribution in [2.45, 2.75) is 4.90 Å². The molecule has 1 aromatic heterocycles. The zero-order chi connectivity index (χ0) is 24.3. The van der Waals surface area contributed by atoms with Gasteiger partial charge in [0.1, 0.15) is 12.3 Å². The Bertz CT molecular complexity index is 1480. The van der Waals surface area contributed by atoms with Crippen molar-refractivity contribution in [2.75, 3.05) is 18.0 Å². The first-order valence-electron chi connectivity index (χ1n) is 10.3. The fraction of sp³-hybridized carbons (Fsp3) is 0.125. The SMILES string of the molecule is COc1cccc(N(CC(=O)N=Nc2c(O)n(C)c3ccccc23)S(=O)(=O)c2ccccc2)c1. The van der Waals surface area contributed by atoms with Crippen LogP contribution < -0.4 is 9.04 Å². The summed E-state index contributed by atoms with van der Waals surface area (Å²) in [6, 6.07) is 21.3. The van der Waals surface area contributed by atoms with Crippen molar-refractivity contribution in [1.29, 1.82) is 0 Å². The van der Waals surface area contributed by atoms with Crippen molar-refractivity contribution in [3.63, 3.8) is 0 Å². The third-order valence-corrected chi connectivity index (χ3v) is 7.05. The Labute approximate surface area is 196 Å². The maximum Gasteiger partial charge on any atom is 0.285 e. The van der Waals surface area contributed by atoms with E-state index in [1.54, 1.807) is 61.6 Å². The fourth-order valence-electron chi connectivity index (χ4n) is 3.52. The lowest BCUT2D eigenvalue weighted by Gasteiger charge is -2.23. The molecule has 174 valence electrons. The van der Waals surface area contributed by atoms with Gasteiger partial charge in [-0.15, -0.1) is 10.2 Å². The summed E-state index contributed by atoms with van der Waals surface area (Å²) in [7, 11) is -0.968. The molecular formula is C24H22N4O5S. The van der Waals surface area contributed by atoms with E-state index in [9.17, 15) is 18.3 Å². The van der Waals surface area contributed by atoms with Gasteiger partial charge in [-0.25, -0.2) is 8.42 Å². The molecule has 4 aromatic rings. The molecule has 0 aliphatic carbocycles. The molecule has 0 saturated heterocycles. The van der Waals surface area contributed by atoms with Crippen LogP contribution in [-0.4, -0.2) is 37.7 Å². The average Bonchev–Trinajstić information content (AvgIpc) is 3.11. The van der Waals surface area contributed by atoms with E-state index in [1.165, 1.54) is 29.9 Å². The van der Waals surface area contributed by atoms with Crippen LogP contribution in [0.4, 0.5) is 11.4 Å². The highest BCUT2D eigenvalue weighted by Crippen LogP contribution is 2.37. The number of aryl methyl sites for hydroxylation is 1. The largest absolute Gasteiger partial charge is 0.497 e. The second kappa shape index (κ2) is 9.36. The van der Waals surface area contributed by atoms with E-state index in [-0.39, 0.29) is 22.2 Å². The lowest BCUT2D eigenvalue weighted by molar-refractivity contribution is -0.116. The zero-order valence-electron chi connectivity index (χ0n) is 18.5. The number of hydrogen-bond acceptors (Lipinski definition) is 6. The van der Waals surface area contributed by atoms with Crippen LogP contribution in [0.1, 0.15) is 0 Å². The molecule has 0 fully saturated rings. The van der Waals surface area contributed by atoms with Crippen LogP contribution in [0.25, 0.3) is 10.9 Å². The van der Waals surface area contributed by atoms with Crippen LogP contribution >= 0.6 is 0 Å². The molecular weight excluding hydrogens is 456 g/mol. The lowest BCUT2D eigenvalue weighted by Crippen LogP contribution is -2.35. The van der Waals surface area contributed by atoms with Crippen molar-refractivity contribution in [2.24, 2.45) is 17.3 Å². The first kappa shape index (κ1) is 23.0. The Kier molecular flexibility index (Phi) is 6.33. The maximum absolute atomic E-state index is 13.4. The summed E-state index contributed by atoms with van der Waals surface area (Å²) >= 11 is 0. The van der Waals surface area contributed by atoms with Gasteiger partial charge in [-0.05, 0) is 30.3 Å². The van der Waals surface area contributed by atoms with Crippen LogP contribution in [0, 0.1) is 0 Å². The minimum Gasteiger partial charge on any atom is -0.497 e. The number of anilines is 1. The molecule has 1 heterocycles. The predicted octanol–water partition coefficient (Wildman–Crippen LogP) is 4.40. The smallest absolute Gasteiger partial charge is 0.285 e. The first-order valence-corrected chi connectivity index (χ1v) is 11.7. The van der Waals surface area contributed by atoms with Crippen LogP contribution in [0.5, 0.6) is 11.6 Å². The molecule has 9 nitrogen and oxygen atoms in total. The normalized spacial score (nSPS) is 11.7. The number of sulfonamides is 1. The standard InChI is InChI=1S/C24H22N4O5S/c1-27-21-14-7-6-13-20(21)23(24(27)30)26-25-22(29)16-28(17-9-8-10-18(15-17)33-2)34(31,32)19-11-4-3-5-12-19/h3-15,30H,16H2,1-2H3. The summed E-state index contributed by atoms with van der Waals surface area (Å²) in [6.07, 6.45) is 0. The van der Waals surface area contributed by atoms with Crippen LogP contribution in [0.15, 0.2) is 94.0 Å². The van der Waals surface area contributed by atoms with Gasteiger partial charge < -0.3 is 14.4 Å². The molecule has 0 radical (unpaired) electrons. The number of amides is 1. The fourth-order valence-corrected chi connectivity index (χ4v) is 4.95. The van der Waals surface area contributed by atoms with Crippen LogP contribution in [0.2, 0.25) is 0 Å². The minimum atomic E-state index is -4.09. The number of rotatable bonds is 7. The van der Waals surface area contributed by atoms with Gasteiger partial charge in [0.15, 0.2) is 5.69 Å². The number of ether oxygens (including phenoxy) is 1. The average molecular weight is 479 g/mol. The number of methoxy groups -OCH3 is 1. The summed E-state index contributed by atoms with van der Waals surface area (Å²) in [5.74, 6) is -0.533. The number of benzene rings is 3. The Balaban J connectivity index is 1.70. The van der Waals surface area contributed by atoms with Gasteiger partial charge >= 0.3 is 0 Å². The quantitative estimate of drug-likeness (QED) is 0.396. The van der Waals surface area contributed by atoms with Gasteiger partial charge in [0.05, 0.1) is 23.2 Å². The first-order chi connectivity index (χ1) is 16.3. The van der Waals surface area contributed by atoms with Crippen LogP contribution in [0.3, 0.4) is 0 Å². The van der Waals surface area contributed by atoms with Gasteiger partial charge in [-0.2, -0.15) is 0 Å². The third kappa shape index (κ3) is 4.35. The van der Waals surface area contributed by atoms with E-state index >= 15 is 0 Å². The topological polar surface area (TPSA) is 114 Å². The van der Waals surface area contributed by atoms with E-state index < -0.39 is 22.5 Å². The molecule has 4 rings (SSSR count). The minimum absolute atomic E-state index is 0.0225. The molecule has 0 saturated carbocycles. The summed E-state index contributed by atoms with van der Waals surface area (Å²) in [4.78, 5) is 12.8. The second-order valence-corrected chi connectivity index (χ2v) is 9.23. The van der Waals surface area contributed by atoms with Gasteiger partial charge in [-0.1, -0.05) is 42.5 Å². The van der Waals surface area contributed by atoms with Crippen molar-refractivity contribution in [3.8, 4) is 11.6 Å². The summed E-state index contributed by atoms with van der Waals surface area (Å²) in [5, 5.41) is 18.7. The highest BCUT2D eigenvalue weighted by atomic mass is 32.2. The van der Waals surface area contributed by atoms with E-state index in [0.717, 1.165) is 4.31 Å². The Morgan fingerprint density at radius 1 is 1.03 bits per heavy atom. The number of nitrogens with zero attached hydrogens (tertiary/aromatic N) is 4. The summed E-state index contributed by atoms with van der Waals surface area (Å²) in [6.45, 7) is -0.598. The second-order valence-electron chi connectivity index (χ2n) is 7.37. The van der Waals surface area contributed by atoms with E-state index in [4.69, 9.17) is 4.74 Å². The van der Waals surface area contributed by atoms with Gasteiger partial charge in [0.25, 0.3) is 15.9 Å².